The zero-order chi connectivity index (χ0) is 17.5. The molecular weight excluding hydrogens is 328 g/mol. The maximum Gasteiger partial charge on any atom is 0.290 e. The number of carbonyl (C=O) groups excluding carboxylic acids is 1. The van der Waals surface area contributed by atoms with E-state index in [1.807, 2.05) is 25.1 Å². The van der Waals surface area contributed by atoms with Gasteiger partial charge in [-0.2, -0.15) is 0 Å². The summed E-state index contributed by atoms with van der Waals surface area (Å²) in [5, 5.41) is 5.15. The summed E-state index contributed by atoms with van der Waals surface area (Å²) in [5.74, 6) is -0.171. The average Bonchev–Trinajstić information content (AvgIpc) is 2.95. The monoisotopic (exact) mass is 348 g/mol. The first-order chi connectivity index (χ1) is 11.3. The van der Waals surface area contributed by atoms with Crippen LogP contribution < -0.4 is 5.14 Å². The molecule has 1 aliphatic heterocycles. The number of benzene rings is 1. The number of nitrogens with zero attached hydrogens (tertiary/aromatic N) is 1. The molecule has 0 saturated carbocycles. The van der Waals surface area contributed by atoms with E-state index in [0.717, 1.165) is 18.4 Å². The molecule has 6 nitrogen and oxygen atoms in total. The molecule has 1 atom stereocenters. The number of fused-ring (bicyclic) bond motifs is 1. The largest absolute Gasteiger partial charge is 0.455 e. The Morgan fingerprint density at radius 1 is 1.38 bits per heavy atom. The van der Waals surface area contributed by atoms with Crippen LogP contribution in [0.1, 0.15) is 46.8 Å². The Kier molecular flexibility index (Phi) is 4.23. The molecule has 2 aromatic rings. The molecule has 1 aliphatic rings. The van der Waals surface area contributed by atoms with Gasteiger partial charge in [0.25, 0.3) is 5.91 Å². The molecule has 2 heterocycles. The Balaban J connectivity index is 1.96. The van der Waals surface area contributed by atoms with Crippen LogP contribution in [0.3, 0.4) is 0 Å². The van der Waals surface area contributed by atoms with Gasteiger partial charge in [0.2, 0.25) is 10.0 Å². The van der Waals surface area contributed by atoms with Gasteiger partial charge in [0.05, 0.1) is 6.04 Å². The lowest BCUT2D eigenvalue weighted by atomic mass is 9.91. The van der Waals surface area contributed by atoms with E-state index in [1.54, 1.807) is 4.90 Å². The van der Waals surface area contributed by atoms with E-state index in [2.05, 4.69) is 6.07 Å². The summed E-state index contributed by atoms with van der Waals surface area (Å²) < 4.78 is 28.5. The zero-order valence-electron chi connectivity index (χ0n) is 13.7. The molecule has 7 heteroatoms. The highest BCUT2D eigenvalue weighted by Gasteiger charge is 2.32. The maximum absolute atomic E-state index is 12.9. The van der Waals surface area contributed by atoms with Crippen molar-refractivity contribution in [1.82, 2.24) is 4.90 Å². The second-order valence-corrected chi connectivity index (χ2v) is 7.48. The van der Waals surface area contributed by atoms with E-state index in [9.17, 15) is 13.2 Å². The van der Waals surface area contributed by atoms with Crippen molar-refractivity contribution in [3.8, 4) is 0 Å². The van der Waals surface area contributed by atoms with Crippen LogP contribution >= 0.6 is 0 Å². The molecule has 1 aromatic carbocycles. The molecule has 0 aliphatic carbocycles. The third-order valence-electron chi connectivity index (χ3n) is 4.45. The minimum Gasteiger partial charge on any atom is -0.455 e. The minimum atomic E-state index is -3.91. The molecule has 2 N–H and O–H groups in total. The second-order valence-electron chi connectivity index (χ2n) is 5.95. The highest BCUT2D eigenvalue weighted by atomic mass is 32.2. The van der Waals surface area contributed by atoms with E-state index in [-0.39, 0.29) is 28.4 Å². The van der Waals surface area contributed by atoms with Crippen LogP contribution in [0.25, 0.3) is 0 Å². The second kappa shape index (κ2) is 6.07. The standard InChI is InChI=1S/C17H20N2O4S/c1-3-14-13-7-5-4-6-12(13)8-9-19(14)17(20)15-10-16(11(2)23-15)24(18,21)22/h4-7,10,14H,3,8-9H2,1-2H3,(H2,18,21,22). The Bertz CT molecular complexity index is 886. The number of carbonyl (C=O) groups is 1. The Hall–Kier alpha value is -2.12. The fraction of sp³-hybridized carbons (Fsp3) is 0.353. The topological polar surface area (TPSA) is 93.6 Å². The van der Waals surface area contributed by atoms with Gasteiger partial charge in [-0.1, -0.05) is 31.2 Å². The van der Waals surface area contributed by atoms with Crippen molar-refractivity contribution in [2.24, 2.45) is 5.14 Å². The van der Waals surface area contributed by atoms with Gasteiger partial charge in [-0.3, -0.25) is 4.79 Å². The Labute approximate surface area is 141 Å². The van der Waals surface area contributed by atoms with Crippen molar-refractivity contribution in [2.75, 3.05) is 6.54 Å². The Morgan fingerprint density at radius 3 is 2.71 bits per heavy atom. The molecule has 0 spiro atoms. The normalized spacial score (nSPS) is 17.6. The molecule has 1 amide bonds. The first-order valence-electron chi connectivity index (χ1n) is 7.85. The van der Waals surface area contributed by atoms with Gasteiger partial charge in [0.15, 0.2) is 5.76 Å². The molecule has 1 aromatic heterocycles. The number of nitrogens with two attached hydrogens (primary N) is 1. The van der Waals surface area contributed by atoms with E-state index in [4.69, 9.17) is 9.56 Å². The van der Waals surface area contributed by atoms with E-state index < -0.39 is 10.0 Å². The number of rotatable bonds is 3. The van der Waals surface area contributed by atoms with Crippen LogP contribution in [0.5, 0.6) is 0 Å². The van der Waals surface area contributed by atoms with Crippen LogP contribution in [-0.4, -0.2) is 25.8 Å². The molecule has 0 fully saturated rings. The lowest BCUT2D eigenvalue weighted by molar-refractivity contribution is 0.0621. The molecule has 0 bridgehead atoms. The molecule has 24 heavy (non-hydrogen) atoms. The van der Waals surface area contributed by atoms with Crippen molar-refractivity contribution in [3.05, 3.63) is 53.0 Å². The average molecular weight is 348 g/mol. The highest BCUT2D eigenvalue weighted by Crippen LogP contribution is 2.33. The lowest BCUT2D eigenvalue weighted by Crippen LogP contribution is -2.39. The van der Waals surface area contributed by atoms with Crippen molar-refractivity contribution < 1.29 is 17.6 Å². The quantitative estimate of drug-likeness (QED) is 0.921. The summed E-state index contributed by atoms with van der Waals surface area (Å²) in [5.41, 5.74) is 2.38. The van der Waals surface area contributed by atoms with Crippen molar-refractivity contribution in [2.45, 2.75) is 37.6 Å². The molecule has 0 radical (unpaired) electrons. The van der Waals surface area contributed by atoms with Crippen molar-refractivity contribution in [1.29, 1.82) is 0 Å². The Morgan fingerprint density at radius 2 is 2.08 bits per heavy atom. The van der Waals surface area contributed by atoms with Crippen LogP contribution in [0.15, 0.2) is 39.6 Å². The predicted molar refractivity (Wildman–Crippen MR) is 89.0 cm³/mol. The van der Waals surface area contributed by atoms with Crippen LogP contribution in [-0.2, 0) is 16.4 Å². The number of amides is 1. The molecule has 128 valence electrons. The number of hydrogen-bond acceptors (Lipinski definition) is 4. The summed E-state index contributed by atoms with van der Waals surface area (Å²) in [7, 11) is -3.91. The number of furan rings is 1. The first-order valence-corrected chi connectivity index (χ1v) is 9.39. The van der Waals surface area contributed by atoms with Crippen LogP contribution in [0.4, 0.5) is 0 Å². The SMILES string of the molecule is CCC1c2ccccc2CCN1C(=O)c1cc(S(N)(=O)=O)c(C)o1. The summed E-state index contributed by atoms with van der Waals surface area (Å²) in [6.45, 7) is 4.08. The third kappa shape index (κ3) is 2.85. The predicted octanol–water partition coefficient (Wildman–Crippen LogP) is 2.39. The summed E-state index contributed by atoms with van der Waals surface area (Å²) >= 11 is 0. The third-order valence-corrected chi connectivity index (χ3v) is 5.47. The van der Waals surface area contributed by atoms with Gasteiger partial charge < -0.3 is 9.32 Å². The lowest BCUT2D eigenvalue weighted by Gasteiger charge is -2.36. The van der Waals surface area contributed by atoms with Gasteiger partial charge in [-0.15, -0.1) is 0 Å². The minimum absolute atomic E-state index is 0.00866. The van der Waals surface area contributed by atoms with Gasteiger partial charge in [-0.25, -0.2) is 13.6 Å². The fourth-order valence-electron chi connectivity index (χ4n) is 3.33. The summed E-state index contributed by atoms with van der Waals surface area (Å²) in [6, 6.07) is 9.25. The van der Waals surface area contributed by atoms with Gasteiger partial charge in [0.1, 0.15) is 10.7 Å². The smallest absolute Gasteiger partial charge is 0.290 e. The van der Waals surface area contributed by atoms with E-state index in [1.165, 1.54) is 18.6 Å². The number of sulfonamides is 1. The molecule has 0 saturated heterocycles. The number of primary sulfonamides is 1. The number of hydrogen-bond donors (Lipinski definition) is 1. The maximum atomic E-state index is 12.9. The van der Waals surface area contributed by atoms with Crippen molar-refractivity contribution in [3.63, 3.8) is 0 Å². The van der Waals surface area contributed by atoms with Gasteiger partial charge in [-0.05, 0) is 30.9 Å². The van der Waals surface area contributed by atoms with Gasteiger partial charge >= 0.3 is 0 Å². The van der Waals surface area contributed by atoms with Gasteiger partial charge in [0, 0.05) is 12.6 Å². The number of aryl methyl sites for hydroxylation is 1. The van der Waals surface area contributed by atoms with Crippen LogP contribution in [0, 0.1) is 6.92 Å². The zero-order valence-corrected chi connectivity index (χ0v) is 14.5. The van der Waals surface area contributed by atoms with E-state index >= 15 is 0 Å². The first kappa shape index (κ1) is 16.7. The van der Waals surface area contributed by atoms with Crippen LogP contribution in [0.2, 0.25) is 0 Å². The molecule has 3 rings (SSSR count). The summed E-state index contributed by atoms with van der Waals surface area (Å²) in [4.78, 5) is 14.5. The fourth-order valence-corrected chi connectivity index (χ4v) is 4.04. The van der Waals surface area contributed by atoms with E-state index in [0.29, 0.717) is 6.54 Å². The molecular formula is C17H20N2O4S. The summed E-state index contributed by atoms with van der Waals surface area (Å²) in [6.07, 6.45) is 1.53. The molecule has 1 unspecified atom stereocenters. The van der Waals surface area contributed by atoms with Crippen molar-refractivity contribution >= 4 is 15.9 Å². The highest BCUT2D eigenvalue weighted by molar-refractivity contribution is 7.89.